The average molecular weight is 436 g/mol. The Morgan fingerprint density at radius 1 is 0.968 bits per heavy atom. The SMILES string of the molecule is COc1ccc(C(=O)N2CCSC2c2ccc(OC)c(OCc3ccccc3)c2)cc1. The summed E-state index contributed by atoms with van der Waals surface area (Å²) >= 11 is 1.75. The fourth-order valence-corrected chi connectivity index (χ4v) is 4.79. The number of benzene rings is 3. The van der Waals surface area contributed by atoms with E-state index in [0.29, 0.717) is 30.2 Å². The second-order valence-electron chi connectivity index (χ2n) is 7.13. The lowest BCUT2D eigenvalue weighted by molar-refractivity contribution is 0.0760. The zero-order chi connectivity index (χ0) is 21.6. The van der Waals surface area contributed by atoms with E-state index in [4.69, 9.17) is 14.2 Å². The van der Waals surface area contributed by atoms with Gasteiger partial charge in [0.15, 0.2) is 11.5 Å². The maximum absolute atomic E-state index is 13.2. The van der Waals surface area contributed by atoms with Crippen molar-refractivity contribution in [2.45, 2.75) is 12.0 Å². The van der Waals surface area contributed by atoms with Crippen LogP contribution in [0.5, 0.6) is 17.2 Å². The Bertz CT molecular complexity index is 1020. The summed E-state index contributed by atoms with van der Waals surface area (Å²) in [5.41, 5.74) is 2.76. The van der Waals surface area contributed by atoms with Gasteiger partial charge in [-0.1, -0.05) is 36.4 Å². The topological polar surface area (TPSA) is 48.0 Å². The minimum absolute atomic E-state index is 0.0141. The first kappa shape index (κ1) is 21.1. The standard InChI is InChI=1S/C25H25NO4S/c1-28-21-11-8-19(9-12-21)24(27)26-14-15-31-25(26)20-10-13-22(29-2)23(16-20)30-17-18-6-4-3-5-7-18/h3-13,16,25H,14-15,17H2,1-2H3. The van der Waals surface area contributed by atoms with Gasteiger partial charge in [0.05, 0.1) is 14.2 Å². The molecule has 0 aliphatic carbocycles. The fraction of sp³-hybridized carbons (Fsp3) is 0.240. The molecule has 0 aromatic heterocycles. The van der Waals surface area contributed by atoms with Crippen molar-refractivity contribution in [2.75, 3.05) is 26.5 Å². The third-order valence-electron chi connectivity index (χ3n) is 5.20. The van der Waals surface area contributed by atoms with E-state index in [1.807, 2.05) is 77.7 Å². The van der Waals surface area contributed by atoms with E-state index in [-0.39, 0.29) is 11.3 Å². The van der Waals surface area contributed by atoms with Gasteiger partial charge in [0.25, 0.3) is 5.91 Å². The molecule has 1 amide bonds. The summed E-state index contributed by atoms with van der Waals surface area (Å²) in [6.45, 7) is 1.15. The fourth-order valence-electron chi connectivity index (χ4n) is 3.55. The number of methoxy groups -OCH3 is 2. The third kappa shape index (κ3) is 4.80. The summed E-state index contributed by atoms with van der Waals surface area (Å²) in [5.74, 6) is 2.99. The normalized spacial score (nSPS) is 15.5. The quantitative estimate of drug-likeness (QED) is 0.512. The summed E-state index contributed by atoms with van der Waals surface area (Å²) < 4.78 is 16.8. The lowest BCUT2D eigenvalue weighted by Gasteiger charge is -2.25. The van der Waals surface area contributed by atoms with Crippen LogP contribution in [0.1, 0.15) is 26.9 Å². The first-order valence-electron chi connectivity index (χ1n) is 10.1. The summed E-state index contributed by atoms with van der Waals surface area (Å²) in [5, 5.41) is -0.0698. The van der Waals surface area contributed by atoms with Crippen molar-refractivity contribution in [1.82, 2.24) is 4.90 Å². The van der Waals surface area contributed by atoms with Gasteiger partial charge in [0.2, 0.25) is 0 Å². The van der Waals surface area contributed by atoms with Crippen molar-refractivity contribution in [1.29, 1.82) is 0 Å². The molecule has 0 bridgehead atoms. The number of thioether (sulfide) groups is 1. The van der Waals surface area contributed by atoms with Crippen LogP contribution in [0.3, 0.4) is 0 Å². The van der Waals surface area contributed by atoms with E-state index < -0.39 is 0 Å². The highest BCUT2D eigenvalue weighted by molar-refractivity contribution is 7.99. The molecule has 1 fully saturated rings. The van der Waals surface area contributed by atoms with E-state index in [1.54, 1.807) is 26.0 Å². The zero-order valence-corrected chi connectivity index (χ0v) is 18.4. The predicted molar refractivity (Wildman–Crippen MR) is 123 cm³/mol. The summed E-state index contributed by atoms with van der Waals surface area (Å²) in [7, 11) is 3.25. The highest BCUT2D eigenvalue weighted by Crippen LogP contribution is 2.42. The Labute approximate surface area is 186 Å². The Morgan fingerprint density at radius 3 is 2.45 bits per heavy atom. The van der Waals surface area contributed by atoms with Crippen molar-refractivity contribution in [2.24, 2.45) is 0 Å². The highest BCUT2D eigenvalue weighted by Gasteiger charge is 2.32. The maximum atomic E-state index is 13.2. The molecule has 1 atom stereocenters. The number of hydrogen-bond acceptors (Lipinski definition) is 5. The van der Waals surface area contributed by atoms with Gasteiger partial charge < -0.3 is 19.1 Å². The number of rotatable bonds is 7. The van der Waals surface area contributed by atoms with Crippen LogP contribution in [0.2, 0.25) is 0 Å². The molecule has 4 rings (SSSR count). The molecule has 0 N–H and O–H groups in total. The third-order valence-corrected chi connectivity index (χ3v) is 6.46. The molecule has 3 aromatic carbocycles. The van der Waals surface area contributed by atoms with Crippen LogP contribution in [0.4, 0.5) is 0 Å². The van der Waals surface area contributed by atoms with Crippen LogP contribution in [0, 0.1) is 0 Å². The highest BCUT2D eigenvalue weighted by atomic mass is 32.2. The Balaban J connectivity index is 1.54. The Morgan fingerprint density at radius 2 is 1.74 bits per heavy atom. The smallest absolute Gasteiger partial charge is 0.255 e. The van der Waals surface area contributed by atoms with Gasteiger partial charge in [0, 0.05) is 17.9 Å². The largest absolute Gasteiger partial charge is 0.497 e. The second kappa shape index (κ2) is 9.79. The van der Waals surface area contributed by atoms with E-state index in [1.165, 1.54) is 0 Å². The van der Waals surface area contributed by atoms with Crippen molar-refractivity contribution in [3.63, 3.8) is 0 Å². The molecular weight excluding hydrogens is 410 g/mol. The molecule has 1 unspecified atom stereocenters. The molecule has 31 heavy (non-hydrogen) atoms. The van der Waals surface area contributed by atoms with E-state index in [9.17, 15) is 4.79 Å². The van der Waals surface area contributed by atoms with Gasteiger partial charge in [-0.15, -0.1) is 11.8 Å². The molecule has 1 aliphatic heterocycles. The van der Waals surface area contributed by atoms with Gasteiger partial charge in [0.1, 0.15) is 17.7 Å². The number of nitrogens with zero attached hydrogens (tertiary/aromatic N) is 1. The van der Waals surface area contributed by atoms with Gasteiger partial charge in [-0.25, -0.2) is 0 Å². The molecule has 6 heteroatoms. The van der Waals surface area contributed by atoms with Crippen LogP contribution >= 0.6 is 11.8 Å². The molecule has 1 saturated heterocycles. The number of carbonyl (C=O) groups excluding carboxylic acids is 1. The lowest BCUT2D eigenvalue weighted by atomic mass is 10.1. The number of hydrogen-bond donors (Lipinski definition) is 0. The second-order valence-corrected chi connectivity index (χ2v) is 8.32. The number of ether oxygens (including phenoxy) is 3. The van der Waals surface area contributed by atoms with Crippen LogP contribution in [-0.2, 0) is 6.61 Å². The van der Waals surface area contributed by atoms with Crippen LogP contribution < -0.4 is 14.2 Å². The van der Waals surface area contributed by atoms with Gasteiger partial charge in [-0.05, 0) is 47.5 Å². The molecule has 0 radical (unpaired) electrons. The van der Waals surface area contributed by atoms with Gasteiger partial charge >= 0.3 is 0 Å². The van der Waals surface area contributed by atoms with Gasteiger partial charge in [-0.3, -0.25) is 4.79 Å². The van der Waals surface area contributed by atoms with E-state index in [2.05, 4.69) is 0 Å². The first-order valence-corrected chi connectivity index (χ1v) is 11.2. The minimum Gasteiger partial charge on any atom is -0.497 e. The van der Waals surface area contributed by atoms with E-state index in [0.717, 1.165) is 22.6 Å². The molecule has 0 spiro atoms. The Hall–Kier alpha value is -3.12. The zero-order valence-electron chi connectivity index (χ0n) is 17.6. The van der Waals surface area contributed by atoms with Crippen molar-refractivity contribution in [3.05, 3.63) is 89.5 Å². The monoisotopic (exact) mass is 435 g/mol. The van der Waals surface area contributed by atoms with Crippen molar-refractivity contribution < 1.29 is 19.0 Å². The molecule has 1 heterocycles. The minimum atomic E-state index is -0.0698. The van der Waals surface area contributed by atoms with Crippen LogP contribution in [0.25, 0.3) is 0 Å². The van der Waals surface area contributed by atoms with Crippen molar-refractivity contribution >= 4 is 17.7 Å². The summed E-state index contributed by atoms with van der Waals surface area (Å²) in [6.07, 6.45) is 0. The molecule has 160 valence electrons. The van der Waals surface area contributed by atoms with Crippen LogP contribution in [0.15, 0.2) is 72.8 Å². The summed E-state index contributed by atoms with van der Waals surface area (Å²) in [6, 6.07) is 23.2. The number of carbonyl (C=O) groups is 1. The van der Waals surface area contributed by atoms with Crippen molar-refractivity contribution in [3.8, 4) is 17.2 Å². The molecule has 0 saturated carbocycles. The number of amides is 1. The maximum Gasteiger partial charge on any atom is 0.255 e. The summed E-state index contributed by atoms with van der Waals surface area (Å²) in [4.78, 5) is 15.1. The first-order chi connectivity index (χ1) is 15.2. The molecule has 5 nitrogen and oxygen atoms in total. The lowest BCUT2D eigenvalue weighted by Crippen LogP contribution is -2.30. The molecule has 3 aromatic rings. The predicted octanol–water partition coefficient (Wildman–Crippen LogP) is 5.17. The molecular formula is C25H25NO4S. The Kier molecular flexibility index (Phi) is 6.67. The van der Waals surface area contributed by atoms with E-state index >= 15 is 0 Å². The van der Waals surface area contributed by atoms with Gasteiger partial charge in [-0.2, -0.15) is 0 Å². The molecule has 1 aliphatic rings. The average Bonchev–Trinajstić information content (AvgIpc) is 3.33. The van der Waals surface area contributed by atoms with Crippen LogP contribution in [-0.4, -0.2) is 37.3 Å².